The van der Waals surface area contributed by atoms with Crippen LogP contribution in [0.4, 0.5) is 4.53 Å². The molecule has 1 aliphatic heterocycles. The van der Waals surface area contributed by atoms with E-state index in [0.717, 1.165) is 26.6 Å². The molecule has 0 spiro atoms. The van der Waals surface area contributed by atoms with Crippen LogP contribution in [0.15, 0.2) is 24.3 Å². The molecule has 2 unspecified atom stereocenters. The molecule has 1 saturated heterocycles. The number of ether oxygens (including phenoxy) is 1. The summed E-state index contributed by atoms with van der Waals surface area (Å²) in [5.41, 5.74) is 2.45. The van der Waals surface area contributed by atoms with Crippen molar-refractivity contribution in [2.24, 2.45) is 0 Å². The molecular weight excluding hydrogens is 235 g/mol. The van der Waals surface area contributed by atoms with Crippen molar-refractivity contribution in [3.63, 3.8) is 0 Å². The molecule has 102 valence electrons. The highest BCUT2D eigenvalue weighted by atomic mass is 19.3. The first-order valence-electron chi connectivity index (χ1n) is 6.20. The SMILES string of the molecule is CC(CO)c1cccc(C2CCCO2)c1.COF. The van der Waals surface area contributed by atoms with Crippen LogP contribution in [0, 0.1) is 0 Å². The van der Waals surface area contributed by atoms with Gasteiger partial charge in [-0.3, -0.25) is 0 Å². The quantitative estimate of drug-likeness (QED) is 0.903. The van der Waals surface area contributed by atoms with Gasteiger partial charge in [0, 0.05) is 19.1 Å². The van der Waals surface area contributed by atoms with E-state index in [0.29, 0.717) is 0 Å². The number of hydrogen-bond acceptors (Lipinski definition) is 3. The Morgan fingerprint density at radius 2 is 2.28 bits per heavy atom. The Bertz CT molecular complexity index is 338. The number of aliphatic hydroxyl groups excluding tert-OH is 1. The molecule has 0 aromatic heterocycles. The number of hydrogen-bond donors (Lipinski definition) is 1. The molecule has 0 aliphatic carbocycles. The first-order chi connectivity index (χ1) is 8.72. The van der Waals surface area contributed by atoms with Crippen LogP contribution in [0.3, 0.4) is 0 Å². The number of aliphatic hydroxyl groups is 1. The van der Waals surface area contributed by atoms with Crippen molar-refractivity contribution < 1.29 is 19.3 Å². The van der Waals surface area contributed by atoms with Gasteiger partial charge in [0.2, 0.25) is 0 Å². The Morgan fingerprint density at radius 3 is 2.83 bits per heavy atom. The fraction of sp³-hybridized carbons (Fsp3) is 0.571. The molecule has 0 bridgehead atoms. The summed E-state index contributed by atoms with van der Waals surface area (Å²) in [6, 6.07) is 8.40. The largest absolute Gasteiger partial charge is 0.396 e. The molecule has 3 nitrogen and oxygen atoms in total. The molecule has 1 aromatic carbocycles. The maximum Gasteiger partial charge on any atom is 0.0825 e. The van der Waals surface area contributed by atoms with Gasteiger partial charge in [0.15, 0.2) is 0 Å². The summed E-state index contributed by atoms with van der Waals surface area (Å²) < 4.78 is 15.4. The van der Waals surface area contributed by atoms with E-state index in [1.807, 2.05) is 6.92 Å². The zero-order chi connectivity index (χ0) is 13.4. The second-order valence-corrected chi connectivity index (χ2v) is 4.41. The van der Waals surface area contributed by atoms with E-state index in [-0.39, 0.29) is 18.6 Å². The van der Waals surface area contributed by atoms with Crippen molar-refractivity contribution >= 4 is 0 Å². The van der Waals surface area contributed by atoms with Crippen molar-refractivity contribution in [1.29, 1.82) is 0 Å². The smallest absolute Gasteiger partial charge is 0.0825 e. The average Bonchev–Trinajstić information content (AvgIpc) is 2.93. The Balaban J connectivity index is 0.000000492. The second-order valence-electron chi connectivity index (χ2n) is 4.41. The number of benzene rings is 1. The van der Waals surface area contributed by atoms with Gasteiger partial charge in [-0.2, -0.15) is 4.94 Å². The monoisotopic (exact) mass is 256 g/mol. The summed E-state index contributed by atoms with van der Waals surface area (Å²) in [7, 11) is 0.958. The first-order valence-corrected chi connectivity index (χ1v) is 6.20. The molecule has 2 atom stereocenters. The Hall–Kier alpha value is -0.970. The van der Waals surface area contributed by atoms with Gasteiger partial charge in [-0.05, 0) is 28.5 Å². The molecule has 4 heteroatoms. The normalized spacial score (nSPS) is 20.1. The molecular formula is C14H21FO3. The first kappa shape index (κ1) is 15.1. The zero-order valence-corrected chi connectivity index (χ0v) is 10.9. The van der Waals surface area contributed by atoms with Crippen LogP contribution in [0.25, 0.3) is 0 Å². The molecule has 0 radical (unpaired) electrons. The molecule has 1 N–H and O–H groups in total. The lowest BCUT2D eigenvalue weighted by molar-refractivity contribution is -0.0960. The topological polar surface area (TPSA) is 38.7 Å². The van der Waals surface area contributed by atoms with Crippen LogP contribution >= 0.6 is 0 Å². The van der Waals surface area contributed by atoms with E-state index in [1.54, 1.807) is 0 Å². The van der Waals surface area contributed by atoms with E-state index in [4.69, 9.17) is 9.84 Å². The van der Waals surface area contributed by atoms with Crippen molar-refractivity contribution in [1.82, 2.24) is 0 Å². The van der Waals surface area contributed by atoms with Crippen LogP contribution in [-0.4, -0.2) is 25.4 Å². The summed E-state index contributed by atoms with van der Waals surface area (Å²) in [5, 5.41) is 9.11. The van der Waals surface area contributed by atoms with Gasteiger partial charge in [-0.15, -0.1) is 0 Å². The minimum absolute atomic E-state index is 0.203. The minimum atomic E-state index is 0.203. The van der Waals surface area contributed by atoms with Crippen LogP contribution in [0.1, 0.15) is 42.9 Å². The lowest BCUT2D eigenvalue weighted by Crippen LogP contribution is -2.01. The maximum atomic E-state index is 9.79. The van der Waals surface area contributed by atoms with E-state index in [9.17, 15) is 4.53 Å². The van der Waals surface area contributed by atoms with E-state index in [2.05, 4.69) is 29.2 Å². The molecule has 1 aliphatic rings. The summed E-state index contributed by atoms with van der Waals surface area (Å²) in [4.78, 5) is 2.75. The molecule has 18 heavy (non-hydrogen) atoms. The molecule has 0 saturated carbocycles. The third-order valence-corrected chi connectivity index (χ3v) is 3.06. The Kier molecular flexibility index (Phi) is 6.86. The summed E-state index contributed by atoms with van der Waals surface area (Å²) in [6.07, 6.45) is 2.55. The molecule has 0 amide bonds. The molecule has 1 aromatic rings. The van der Waals surface area contributed by atoms with Gasteiger partial charge in [-0.1, -0.05) is 31.2 Å². The van der Waals surface area contributed by atoms with Gasteiger partial charge in [0.1, 0.15) is 0 Å². The number of rotatable bonds is 3. The van der Waals surface area contributed by atoms with Crippen LogP contribution in [-0.2, 0) is 9.68 Å². The van der Waals surface area contributed by atoms with E-state index in [1.165, 1.54) is 11.1 Å². The summed E-state index contributed by atoms with van der Waals surface area (Å²) in [6.45, 7) is 3.12. The summed E-state index contributed by atoms with van der Waals surface area (Å²) >= 11 is 0. The van der Waals surface area contributed by atoms with Crippen molar-refractivity contribution in [3.8, 4) is 0 Å². The Labute approximate surface area is 107 Å². The van der Waals surface area contributed by atoms with Crippen molar-refractivity contribution in [2.45, 2.75) is 31.8 Å². The zero-order valence-electron chi connectivity index (χ0n) is 10.9. The van der Waals surface area contributed by atoms with Crippen molar-refractivity contribution in [2.75, 3.05) is 20.3 Å². The van der Waals surface area contributed by atoms with Crippen LogP contribution < -0.4 is 0 Å². The summed E-state index contributed by atoms with van der Waals surface area (Å²) in [5.74, 6) is 0.214. The molecule has 1 heterocycles. The maximum absolute atomic E-state index is 9.79. The molecule has 1 fully saturated rings. The van der Waals surface area contributed by atoms with Gasteiger partial charge in [0.25, 0.3) is 0 Å². The highest BCUT2D eigenvalue weighted by molar-refractivity contribution is 5.28. The van der Waals surface area contributed by atoms with Crippen LogP contribution in [0.5, 0.6) is 0 Å². The average molecular weight is 256 g/mol. The third kappa shape index (κ3) is 4.37. The van der Waals surface area contributed by atoms with Gasteiger partial charge < -0.3 is 9.84 Å². The van der Waals surface area contributed by atoms with E-state index < -0.39 is 0 Å². The molecule has 2 rings (SSSR count). The lowest BCUT2D eigenvalue weighted by atomic mass is 9.97. The predicted molar refractivity (Wildman–Crippen MR) is 68.0 cm³/mol. The van der Waals surface area contributed by atoms with Crippen LogP contribution in [0.2, 0.25) is 0 Å². The van der Waals surface area contributed by atoms with Crippen molar-refractivity contribution in [3.05, 3.63) is 35.4 Å². The van der Waals surface area contributed by atoms with Gasteiger partial charge in [0.05, 0.1) is 13.2 Å². The highest BCUT2D eigenvalue weighted by Crippen LogP contribution is 2.30. The van der Waals surface area contributed by atoms with E-state index >= 15 is 0 Å². The highest BCUT2D eigenvalue weighted by Gasteiger charge is 2.18. The second kappa shape index (κ2) is 8.19. The van der Waals surface area contributed by atoms with Gasteiger partial charge >= 0.3 is 0 Å². The predicted octanol–water partition coefficient (Wildman–Crippen LogP) is 3.15. The number of halogens is 1. The fourth-order valence-electron chi connectivity index (χ4n) is 2.01. The minimum Gasteiger partial charge on any atom is -0.396 e. The van der Waals surface area contributed by atoms with Gasteiger partial charge in [-0.25, -0.2) is 0 Å². The lowest BCUT2D eigenvalue weighted by Gasteiger charge is -2.13. The fourth-order valence-corrected chi connectivity index (χ4v) is 2.01. The third-order valence-electron chi connectivity index (χ3n) is 3.06. The standard InChI is InChI=1S/C13H18O2.CH3FO/c1-10(9-14)11-4-2-5-12(8-11)13-6-3-7-15-13;1-3-2/h2,4-5,8,10,13-14H,3,6-7,9H2,1H3;1H3. The Morgan fingerprint density at radius 1 is 1.56 bits per heavy atom.